The maximum absolute atomic E-state index is 12.7. The standard InChI is InChI=1S/C44H85NO7/c1-5-7-9-11-16-23-31-41(32-24-17-12-10-8-6-2)52-44(49)35-26-20-19-22-30-40(3)45(37-38-46)36-28-21-15-13-14-18-25-34-43(48)51-39-29-27-33-42(47)50-4/h40-41,46H,5-39H2,1-4H3. The molecule has 1 unspecified atom stereocenters. The van der Waals surface area contributed by atoms with Gasteiger partial charge in [-0.2, -0.15) is 0 Å². The molecule has 8 heteroatoms. The lowest BCUT2D eigenvalue weighted by molar-refractivity contribution is -0.150. The first-order valence-electron chi connectivity index (χ1n) is 22.1. The van der Waals surface area contributed by atoms with E-state index in [1.807, 2.05) is 0 Å². The van der Waals surface area contributed by atoms with E-state index in [-0.39, 0.29) is 30.6 Å². The monoisotopic (exact) mass is 740 g/mol. The van der Waals surface area contributed by atoms with Gasteiger partial charge in [-0.05, 0) is 77.7 Å². The van der Waals surface area contributed by atoms with Crippen molar-refractivity contribution in [1.29, 1.82) is 0 Å². The predicted octanol–water partition coefficient (Wildman–Crippen LogP) is 11.4. The summed E-state index contributed by atoms with van der Waals surface area (Å²) in [6.07, 6.45) is 33.4. The number of rotatable bonds is 40. The van der Waals surface area contributed by atoms with Crippen molar-refractivity contribution in [1.82, 2.24) is 4.90 Å². The molecule has 0 bridgehead atoms. The van der Waals surface area contributed by atoms with E-state index in [4.69, 9.17) is 9.47 Å². The molecule has 0 aliphatic heterocycles. The fourth-order valence-electron chi connectivity index (χ4n) is 6.94. The molecule has 8 nitrogen and oxygen atoms in total. The minimum Gasteiger partial charge on any atom is -0.469 e. The van der Waals surface area contributed by atoms with Gasteiger partial charge in [-0.25, -0.2) is 0 Å². The molecule has 0 fully saturated rings. The molecular weight excluding hydrogens is 654 g/mol. The lowest BCUT2D eigenvalue weighted by atomic mass is 10.0. The van der Waals surface area contributed by atoms with Gasteiger partial charge >= 0.3 is 17.9 Å². The van der Waals surface area contributed by atoms with Crippen LogP contribution in [0.2, 0.25) is 0 Å². The fourth-order valence-corrected chi connectivity index (χ4v) is 6.94. The van der Waals surface area contributed by atoms with E-state index < -0.39 is 0 Å². The molecule has 0 spiro atoms. The molecule has 1 atom stereocenters. The number of unbranched alkanes of at least 4 members (excludes halogenated alkanes) is 20. The van der Waals surface area contributed by atoms with Crippen LogP contribution < -0.4 is 0 Å². The Morgan fingerprint density at radius 1 is 0.519 bits per heavy atom. The highest BCUT2D eigenvalue weighted by Gasteiger charge is 2.15. The van der Waals surface area contributed by atoms with Crippen LogP contribution in [0.3, 0.4) is 0 Å². The first-order chi connectivity index (χ1) is 25.4. The molecule has 52 heavy (non-hydrogen) atoms. The second-order valence-electron chi connectivity index (χ2n) is 15.3. The maximum atomic E-state index is 12.7. The summed E-state index contributed by atoms with van der Waals surface area (Å²) < 4.78 is 15.9. The molecule has 0 aromatic rings. The lowest BCUT2D eigenvalue weighted by Gasteiger charge is -2.28. The average molecular weight is 740 g/mol. The van der Waals surface area contributed by atoms with Crippen molar-refractivity contribution < 1.29 is 33.7 Å². The van der Waals surface area contributed by atoms with Gasteiger partial charge in [0.05, 0.1) is 20.3 Å². The average Bonchev–Trinajstić information content (AvgIpc) is 3.14. The third-order valence-corrected chi connectivity index (χ3v) is 10.4. The van der Waals surface area contributed by atoms with Gasteiger partial charge < -0.3 is 19.3 Å². The number of aliphatic hydroxyl groups excluding tert-OH is 1. The van der Waals surface area contributed by atoms with E-state index in [2.05, 4.69) is 30.4 Å². The molecule has 308 valence electrons. The number of carbonyl (C=O) groups is 3. The van der Waals surface area contributed by atoms with Gasteiger partial charge in [0, 0.05) is 31.8 Å². The van der Waals surface area contributed by atoms with Gasteiger partial charge in [-0.15, -0.1) is 0 Å². The number of ether oxygens (including phenoxy) is 3. The Balaban J connectivity index is 4.05. The van der Waals surface area contributed by atoms with Crippen LogP contribution in [0.15, 0.2) is 0 Å². The summed E-state index contributed by atoms with van der Waals surface area (Å²) in [7, 11) is 1.38. The second kappa shape index (κ2) is 39.0. The third kappa shape index (κ3) is 34.1. The second-order valence-corrected chi connectivity index (χ2v) is 15.3. The van der Waals surface area contributed by atoms with E-state index in [0.717, 1.165) is 83.7 Å². The van der Waals surface area contributed by atoms with Gasteiger partial charge in [-0.3, -0.25) is 19.3 Å². The van der Waals surface area contributed by atoms with Crippen LogP contribution in [0.4, 0.5) is 0 Å². The van der Waals surface area contributed by atoms with Crippen LogP contribution in [0.25, 0.3) is 0 Å². The van der Waals surface area contributed by atoms with Gasteiger partial charge in [0.15, 0.2) is 0 Å². The Labute approximate surface area is 321 Å². The van der Waals surface area contributed by atoms with Gasteiger partial charge in [-0.1, -0.05) is 129 Å². The smallest absolute Gasteiger partial charge is 0.306 e. The highest BCUT2D eigenvalue weighted by molar-refractivity contribution is 5.70. The molecule has 0 rings (SSSR count). The molecule has 0 amide bonds. The van der Waals surface area contributed by atoms with Crippen molar-refractivity contribution in [3.8, 4) is 0 Å². The number of hydrogen-bond acceptors (Lipinski definition) is 8. The third-order valence-electron chi connectivity index (χ3n) is 10.4. The van der Waals surface area contributed by atoms with Crippen LogP contribution >= 0.6 is 0 Å². The van der Waals surface area contributed by atoms with Crippen LogP contribution in [0.1, 0.15) is 220 Å². The zero-order valence-electron chi connectivity index (χ0n) is 34.7. The Kier molecular flexibility index (Phi) is 37.8. The van der Waals surface area contributed by atoms with Crippen molar-refractivity contribution in [3.05, 3.63) is 0 Å². The number of hydrogen-bond donors (Lipinski definition) is 1. The molecule has 0 heterocycles. The molecule has 0 aliphatic rings. The Bertz CT molecular complexity index is 791. The van der Waals surface area contributed by atoms with Gasteiger partial charge in [0.25, 0.3) is 0 Å². The fraction of sp³-hybridized carbons (Fsp3) is 0.932. The zero-order valence-corrected chi connectivity index (χ0v) is 34.7. The highest BCUT2D eigenvalue weighted by atomic mass is 16.5. The summed E-state index contributed by atoms with van der Waals surface area (Å²) in [4.78, 5) is 38.1. The summed E-state index contributed by atoms with van der Waals surface area (Å²) >= 11 is 0. The van der Waals surface area contributed by atoms with Crippen molar-refractivity contribution in [2.24, 2.45) is 0 Å². The van der Waals surface area contributed by atoms with E-state index in [9.17, 15) is 19.5 Å². The zero-order chi connectivity index (χ0) is 38.3. The molecule has 0 saturated carbocycles. The minimum absolute atomic E-state index is 0.00551. The normalized spacial score (nSPS) is 12.1. The number of carbonyl (C=O) groups excluding carboxylic acids is 3. The molecule has 1 N–H and O–H groups in total. The largest absolute Gasteiger partial charge is 0.469 e. The molecular formula is C44H85NO7. The summed E-state index contributed by atoms with van der Waals surface area (Å²) in [6, 6.07) is 0.453. The van der Waals surface area contributed by atoms with Crippen LogP contribution in [0.5, 0.6) is 0 Å². The van der Waals surface area contributed by atoms with Crippen molar-refractivity contribution in [2.45, 2.75) is 232 Å². The van der Waals surface area contributed by atoms with Crippen LogP contribution in [-0.2, 0) is 28.6 Å². The van der Waals surface area contributed by atoms with Crippen molar-refractivity contribution in [2.75, 3.05) is 33.4 Å². The summed E-state index contributed by atoms with van der Waals surface area (Å²) in [6.45, 7) is 9.12. The van der Waals surface area contributed by atoms with Crippen molar-refractivity contribution in [3.63, 3.8) is 0 Å². The Morgan fingerprint density at radius 2 is 0.962 bits per heavy atom. The maximum Gasteiger partial charge on any atom is 0.306 e. The number of aliphatic hydroxyl groups is 1. The van der Waals surface area contributed by atoms with E-state index >= 15 is 0 Å². The summed E-state index contributed by atoms with van der Waals surface area (Å²) in [5.41, 5.74) is 0. The SMILES string of the molecule is CCCCCCCCC(CCCCCCCC)OC(=O)CCCCCCC(C)N(CCO)CCCCCCCCCC(=O)OCCCCC(=O)OC. The van der Waals surface area contributed by atoms with E-state index in [0.29, 0.717) is 44.8 Å². The van der Waals surface area contributed by atoms with Crippen LogP contribution in [-0.4, -0.2) is 73.5 Å². The Hall–Kier alpha value is -1.67. The molecule has 0 aromatic heterocycles. The number of methoxy groups -OCH3 is 1. The minimum atomic E-state index is -0.224. The summed E-state index contributed by atoms with van der Waals surface area (Å²) in [5, 5.41) is 9.65. The van der Waals surface area contributed by atoms with Crippen LogP contribution in [0, 0.1) is 0 Å². The van der Waals surface area contributed by atoms with Gasteiger partial charge in [0.1, 0.15) is 6.10 Å². The highest BCUT2D eigenvalue weighted by Crippen LogP contribution is 2.19. The topological polar surface area (TPSA) is 102 Å². The lowest BCUT2D eigenvalue weighted by Crippen LogP contribution is -2.36. The van der Waals surface area contributed by atoms with Crippen molar-refractivity contribution >= 4 is 17.9 Å². The summed E-state index contributed by atoms with van der Waals surface area (Å²) in [5.74, 6) is -0.360. The molecule has 0 saturated heterocycles. The number of esters is 3. The molecule has 0 aliphatic carbocycles. The number of nitrogens with zero attached hydrogens (tertiary/aromatic N) is 1. The quantitative estimate of drug-likeness (QED) is 0.0376. The van der Waals surface area contributed by atoms with Gasteiger partial charge in [0.2, 0.25) is 0 Å². The predicted molar refractivity (Wildman–Crippen MR) is 215 cm³/mol. The molecule has 0 radical (unpaired) electrons. The first kappa shape index (κ1) is 50.3. The van der Waals surface area contributed by atoms with E-state index in [1.54, 1.807) is 0 Å². The first-order valence-corrected chi connectivity index (χ1v) is 22.1. The molecule has 0 aromatic carbocycles. The van der Waals surface area contributed by atoms with E-state index in [1.165, 1.54) is 103 Å². The Morgan fingerprint density at radius 3 is 1.50 bits per heavy atom.